The number of nitrogens with zero attached hydrogens (tertiary/aromatic N) is 5. The van der Waals surface area contributed by atoms with Gasteiger partial charge in [-0.2, -0.15) is 4.68 Å². The summed E-state index contributed by atoms with van der Waals surface area (Å²) in [6, 6.07) is 11.2. The molecule has 0 bridgehead atoms. The summed E-state index contributed by atoms with van der Waals surface area (Å²) in [4.78, 5) is 45.4. The van der Waals surface area contributed by atoms with Crippen LogP contribution in [0, 0.1) is 0 Å². The van der Waals surface area contributed by atoms with E-state index in [1.165, 1.54) is 24.2 Å². The number of ether oxygens (including phenoxy) is 1. The van der Waals surface area contributed by atoms with Gasteiger partial charge >= 0.3 is 6.09 Å². The number of carbonyl (C=O) groups excluding carboxylic acids is 3. The van der Waals surface area contributed by atoms with Gasteiger partial charge in [-0.3, -0.25) is 14.9 Å². The van der Waals surface area contributed by atoms with Crippen LogP contribution >= 0.6 is 23.2 Å². The van der Waals surface area contributed by atoms with E-state index < -0.39 is 18.0 Å². The third-order valence-corrected chi connectivity index (χ3v) is 7.53. The van der Waals surface area contributed by atoms with Crippen LogP contribution in [-0.4, -0.2) is 61.2 Å². The van der Waals surface area contributed by atoms with Crippen molar-refractivity contribution in [3.8, 4) is 16.9 Å². The highest BCUT2D eigenvalue weighted by Crippen LogP contribution is 2.30. The average molecular weight is 639 g/mol. The molecule has 0 aliphatic heterocycles. The van der Waals surface area contributed by atoms with Crippen LogP contribution in [-0.2, 0) is 14.3 Å². The SMILES string of the molecule is COC(=O)Nc1ccc(-c2nc([C@H](CC(=O)NC3CCCC3)NC(=O)/C=C/c3cc(Cl)ccc3-n3cnnn3)[nH]c2Cl)cc1. The summed E-state index contributed by atoms with van der Waals surface area (Å²) in [6.07, 6.45) is 7.67. The average Bonchev–Trinajstić information content (AvgIpc) is 3.79. The van der Waals surface area contributed by atoms with Crippen LogP contribution in [0.5, 0.6) is 0 Å². The Morgan fingerprint density at radius 1 is 1.14 bits per heavy atom. The van der Waals surface area contributed by atoms with Crippen molar-refractivity contribution < 1.29 is 19.1 Å². The minimum atomic E-state index is -0.821. The highest BCUT2D eigenvalue weighted by Gasteiger charge is 2.25. The number of benzene rings is 2. The monoisotopic (exact) mass is 637 g/mol. The Bertz CT molecular complexity index is 1650. The highest BCUT2D eigenvalue weighted by molar-refractivity contribution is 6.32. The number of hydrogen-bond donors (Lipinski definition) is 4. The second-order valence-electron chi connectivity index (χ2n) is 10.1. The van der Waals surface area contributed by atoms with Crippen molar-refractivity contribution in [2.75, 3.05) is 12.4 Å². The third-order valence-electron chi connectivity index (χ3n) is 7.02. The summed E-state index contributed by atoms with van der Waals surface area (Å²) in [5.74, 6) is -0.380. The minimum absolute atomic E-state index is 0.0611. The number of aromatic amines is 1. The van der Waals surface area contributed by atoms with Crippen LogP contribution in [0.25, 0.3) is 23.0 Å². The quantitative estimate of drug-likeness (QED) is 0.179. The smallest absolute Gasteiger partial charge is 0.411 e. The van der Waals surface area contributed by atoms with Gasteiger partial charge in [-0.1, -0.05) is 48.2 Å². The first kappa shape index (κ1) is 30.7. The van der Waals surface area contributed by atoms with Crippen LogP contribution < -0.4 is 16.0 Å². The number of H-pyrrole nitrogens is 1. The Balaban J connectivity index is 1.37. The Kier molecular flexibility index (Phi) is 9.87. The number of halogens is 2. The zero-order valence-electron chi connectivity index (χ0n) is 23.6. The maximum Gasteiger partial charge on any atom is 0.411 e. The molecule has 1 saturated carbocycles. The molecule has 0 unspecified atom stereocenters. The molecule has 4 N–H and O–H groups in total. The molecule has 2 aromatic heterocycles. The molecule has 0 spiro atoms. The van der Waals surface area contributed by atoms with E-state index in [2.05, 4.69) is 46.2 Å². The standard InChI is InChI=1S/C29H29Cl2N9O4/c1-44-29(43)34-21-10-6-17(7-11-21)26-27(31)37-28(36-26)22(15-25(42)33-20-4-2-3-5-20)35-24(41)13-8-18-14-19(30)9-12-23(18)40-16-32-38-39-40/h6-14,16,20,22H,2-5,15H2,1H3,(H,33,42)(H,34,43)(H,35,41)(H,36,37)/b13-8+/t22-/m0/s1. The Morgan fingerprint density at radius 3 is 2.61 bits per heavy atom. The largest absolute Gasteiger partial charge is 0.453 e. The number of methoxy groups -OCH3 is 1. The molecule has 1 aliphatic rings. The van der Waals surface area contributed by atoms with Gasteiger partial charge in [0.05, 0.1) is 25.3 Å². The lowest BCUT2D eigenvalue weighted by Gasteiger charge is -2.18. The van der Waals surface area contributed by atoms with E-state index in [0.29, 0.717) is 39.0 Å². The van der Waals surface area contributed by atoms with Gasteiger partial charge in [-0.15, -0.1) is 5.10 Å². The van der Waals surface area contributed by atoms with Gasteiger partial charge in [0.15, 0.2) is 0 Å². The summed E-state index contributed by atoms with van der Waals surface area (Å²) in [5.41, 5.74) is 2.82. The molecule has 13 nitrogen and oxygen atoms in total. The topological polar surface area (TPSA) is 169 Å². The van der Waals surface area contributed by atoms with Gasteiger partial charge in [-0.05, 0) is 59.7 Å². The number of nitrogens with one attached hydrogen (secondary N) is 4. The number of tetrazole rings is 1. The minimum Gasteiger partial charge on any atom is -0.453 e. The molecular weight excluding hydrogens is 609 g/mol. The van der Waals surface area contributed by atoms with Gasteiger partial charge in [-0.25, -0.2) is 9.78 Å². The third kappa shape index (κ3) is 7.79. The molecule has 44 heavy (non-hydrogen) atoms. The van der Waals surface area contributed by atoms with E-state index in [4.69, 9.17) is 23.2 Å². The molecule has 1 aliphatic carbocycles. The molecule has 2 aromatic carbocycles. The summed E-state index contributed by atoms with van der Waals surface area (Å²) in [5, 5.41) is 20.4. The molecule has 3 amide bonds. The van der Waals surface area contributed by atoms with E-state index >= 15 is 0 Å². The van der Waals surface area contributed by atoms with Crippen LogP contribution in [0.15, 0.2) is 54.9 Å². The predicted molar refractivity (Wildman–Crippen MR) is 164 cm³/mol. The second-order valence-corrected chi connectivity index (χ2v) is 10.9. The Labute approximate surface area is 262 Å². The fourth-order valence-corrected chi connectivity index (χ4v) is 5.32. The fourth-order valence-electron chi connectivity index (χ4n) is 4.89. The first-order valence-electron chi connectivity index (χ1n) is 13.8. The highest BCUT2D eigenvalue weighted by atomic mass is 35.5. The lowest BCUT2D eigenvalue weighted by Crippen LogP contribution is -2.37. The van der Waals surface area contributed by atoms with Gasteiger partial charge < -0.3 is 20.4 Å². The van der Waals surface area contributed by atoms with Crippen molar-refractivity contribution in [2.24, 2.45) is 0 Å². The van der Waals surface area contributed by atoms with E-state index in [0.717, 1.165) is 25.7 Å². The molecule has 4 aromatic rings. The lowest BCUT2D eigenvalue weighted by atomic mass is 10.1. The van der Waals surface area contributed by atoms with Crippen LogP contribution in [0.2, 0.25) is 10.2 Å². The van der Waals surface area contributed by atoms with Crippen LogP contribution in [0.4, 0.5) is 10.5 Å². The first-order chi connectivity index (χ1) is 21.3. The molecule has 5 rings (SSSR count). The molecule has 1 fully saturated rings. The second kappa shape index (κ2) is 14.1. The number of carbonyl (C=O) groups is 3. The van der Waals surface area contributed by atoms with Gasteiger partial charge in [0.25, 0.3) is 0 Å². The summed E-state index contributed by atoms with van der Waals surface area (Å²) in [6.45, 7) is 0. The van der Waals surface area contributed by atoms with E-state index in [1.807, 2.05) is 0 Å². The molecule has 2 heterocycles. The lowest BCUT2D eigenvalue weighted by molar-refractivity contribution is -0.123. The van der Waals surface area contributed by atoms with Crippen LogP contribution in [0.1, 0.15) is 49.5 Å². The number of rotatable bonds is 10. The molecule has 0 radical (unpaired) electrons. The normalized spacial score (nSPS) is 14.0. The van der Waals surface area contributed by atoms with Crippen LogP contribution in [0.3, 0.4) is 0 Å². The molecular formula is C29H29Cl2N9O4. The molecule has 228 valence electrons. The number of aromatic nitrogens is 6. The van der Waals surface area contributed by atoms with Crippen molar-refractivity contribution in [2.45, 2.75) is 44.2 Å². The number of anilines is 1. The maximum absolute atomic E-state index is 13.2. The zero-order valence-corrected chi connectivity index (χ0v) is 25.1. The molecule has 15 heteroatoms. The van der Waals surface area contributed by atoms with Crippen molar-refractivity contribution in [3.63, 3.8) is 0 Å². The van der Waals surface area contributed by atoms with Gasteiger partial charge in [0, 0.05) is 34.0 Å². The number of amides is 3. The van der Waals surface area contributed by atoms with E-state index in [-0.39, 0.29) is 23.5 Å². The van der Waals surface area contributed by atoms with Crippen molar-refractivity contribution in [1.82, 2.24) is 40.8 Å². The molecule has 1 atom stereocenters. The predicted octanol–water partition coefficient (Wildman–Crippen LogP) is 4.86. The summed E-state index contributed by atoms with van der Waals surface area (Å²) in [7, 11) is 1.28. The van der Waals surface area contributed by atoms with E-state index in [9.17, 15) is 14.4 Å². The zero-order chi connectivity index (χ0) is 31.1. The van der Waals surface area contributed by atoms with Gasteiger partial charge in [0.2, 0.25) is 11.8 Å². The molecule has 0 saturated heterocycles. The maximum atomic E-state index is 13.2. The van der Waals surface area contributed by atoms with E-state index in [1.54, 1.807) is 48.5 Å². The fraction of sp³-hybridized carbons (Fsp3) is 0.276. The van der Waals surface area contributed by atoms with Crippen molar-refractivity contribution in [3.05, 3.63) is 76.4 Å². The summed E-state index contributed by atoms with van der Waals surface area (Å²) >= 11 is 12.7. The summed E-state index contributed by atoms with van der Waals surface area (Å²) < 4.78 is 6.07. The Morgan fingerprint density at radius 2 is 1.91 bits per heavy atom. The van der Waals surface area contributed by atoms with Gasteiger partial charge in [0.1, 0.15) is 23.0 Å². The number of hydrogen-bond acceptors (Lipinski definition) is 8. The number of imidazole rings is 1. The Hall–Kier alpha value is -4.75. The first-order valence-corrected chi connectivity index (χ1v) is 14.6. The van der Waals surface area contributed by atoms with Crippen molar-refractivity contribution in [1.29, 1.82) is 0 Å². The van der Waals surface area contributed by atoms with Crippen molar-refractivity contribution >= 4 is 52.9 Å².